The summed E-state index contributed by atoms with van der Waals surface area (Å²) < 4.78 is 11.9. The maximum atomic E-state index is 6.29. The van der Waals surface area contributed by atoms with Crippen LogP contribution < -0.4 is 5.32 Å². The Kier molecular flexibility index (Phi) is 4.59. The van der Waals surface area contributed by atoms with Crippen molar-refractivity contribution in [2.75, 3.05) is 19.8 Å². The van der Waals surface area contributed by atoms with Crippen LogP contribution >= 0.6 is 0 Å². The summed E-state index contributed by atoms with van der Waals surface area (Å²) in [6.45, 7) is 14.1. The van der Waals surface area contributed by atoms with Crippen LogP contribution in [0.4, 0.5) is 0 Å². The molecular formula is C16H31NO2. The van der Waals surface area contributed by atoms with E-state index in [0.717, 1.165) is 26.2 Å². The van der Waals surface area contributed by atoms with E-state index in [4.69, 9.17) is 9.47 Å². The highest BCUT2D eigenvalue weighted by atomic mass is 16.5. The van der Waals surface area contributed by atoms with Crippen LogP contribution in [-0.2, 0) is 9.47 Å². The predicted octanol–water partition coefficient (Wildman–Crippen LogP) is 2.98. The molecule has 0 aromatic rings. The fraction of sp³-hybridized carbons (Fsp3) is 1.00. The Morgan fingerprint density at radius 3 is 2.47 bits per heavy atom. The molecule has 3 atom stereocenters. The molecule has 0 aliphatic carbocycles. The molecule has 3 nitrogen and oxygen atoms in total. The third-order valence-electron chi connectivity index (χ3n) is 4.68. The first-order valence-electron chi connectivity index (χ1n) is 7.87. The zero-order valence-corrected chi connectivity index (χ0v) is 13.3. The van der Waals surface area contributed by atoms with Gasteiger partial charge in [0.1, 0.15) is 0 Å². The molecule has 0 radical (unpaired) electrons. The molecule has 0 bridgehead atoms. The van der Waals surface area contributed by atoms with Gasteiger partial charge in [0.25, 0.3) is 0 Å². The number of nitrogens with one attached hydrogen (secondary N) is 1. The van der Waals surface area contributed by atoms with E-state index in [1.807, 2.05) is 0 Å². The summed E-state index contributed by atoms with van der Waals surface area (Å²) in [5, 5.41) is 3.79. The summed E-state index contributed by atoms with van der Waals surface area (Å²) >= 11 is 0. The van der Waals surface area contributed by atoms with Gasteiger partial charge < -0.3 is 14.8 Å². The second-order valence-electron chi connectivity index (χ2n) is 7.38. The summed E-state index contributed by atoms with van der Waals surface area (Å²) in [5.41, 5.74) is -0.0444. The molecule has 2 saturated heterocycles. The Labute approximate surface area is 118 Å². The average Bonchev–Trinajstić information content (AvgIpc) is 2.86. The molecule has 2 fully saturated rings. The molecule has 3 heteroatoms. The third-order valence-corrected chi connectivity index (χ3v) is 4.68. The van der Waals surface area contributed by atoms with E-state index in [-0.39, 0.29) is 11.2 Å². The molecule has 112 valence electrons. The first-order valence-corrected chi connectivity index (χ1v) is 7.87. The van der Waals surface area contributed by atoms with Crippen molar-refractivity contribution in [3.63, 3.8) is 0 Å². The molecule has 0 spiro atoms. The van der Waals surface area contributed by atoms with Gasteiger partial charge in [0.2, 0.25) is 0 Å². The highest BCUT2D eigenvalue weighted by Crippen LogP contribution is 2.45. The van der Waals surface area contributed by atoms with E-state index in [2.05, 4.69) is 39.9 Å². The van der Waals surface area contributed by atoms with Gasteiger partial charge in [-0.1, -0.05) is 6.92 Å². The van der Waals surface area contributed by atoms with Gasteiger partial charge in [-0.25, -0.2) is 0 Å². The highest BCUT2D eigenvalue weighted by molar-refractivity contribution is 5.01. The lowest BCUT2D eigenvalue weighted by Gasteiger charge is -2.36. The van der Waals surface area contributed by atoms with Crippen molar-refractivity contribution in [1.29, 1.82) is 0 Å². The normalized spacial score (nSPS) is 34.6. The predicted molar refractivity (Wildman–Crippen MR) is 78.4 cm³/mol. The lowest BCUT2D eigenvalue weighted by Crippen LogP contribution is -2.49. The molecule has 0 saturated carbocycles. The van der Waals surface area contributed by atoms with Crippen LogP contribution in [-0.4, -0.2) is 37.0 Å². The Morgan fingerprint density at radius 1 is 1.26 bits per heavy atom. The molecule has 3 unspecified atom stereocenters. The van der Waals surface area contributed by atoms with E-state index >= 15 is 0 Å². The van der Waals surface area contributed by atoms with Crippen LogP contribution in [0.15, 0.2) is 0 Å². The molecule has 2 rings (SSSR count). The standard InChI is InChI=1S/C16H31NO2/c1-6-8-17-14(12-7-9-18-11-12)13-10-15(2,3)19-16(13,4)5/h12-14,17H,6-11H2,1-5H3. The minimum absolute atomic E-state index is 0.000225. The van der Waals surface area contributed by atoms with Crippen LogP contribution in [0.2, 0.25) is 0 Å². The molecule has 2 aliphatic heterocycles. The summed E-state index contributed by atoms with van der Waals surface area (Å²) in [6, 6.07) is 0.527. The van der Waals surface area contributed by atoms with Gasteiger partial charge >= 0.3 is 0 Å². The van der Waals surface area contributed by atoms with Gasteiger partial charge in [0.05, 0.1) is 17.8 Å². The van der Waals surface area contributed by atoms with Crippen LogP contribution in [0.25, 0.3) is 0 Å². The van der Waals surface area contributed by atoms with E-state index in [9.17, 15) is 0 Å². The van der Waals surface area contributed by atoms with Crippen molar-refractivity contribution >= 4 is 0 Å². The van der Waals surface area contributed by atoms with Crippen LogP contribution in [0.1, 0.15) is 53.9 Å². The monoisotopic (exact) mass is 269 g/mol. The Morgan fingerprint density at radius 2 is 2.00 bits per heavy atom. The fourth-order valence-corrected chi connectivity index (χ4v) is 3.95. The van der Waals surface area contributed by atoms with Crippen molar-refractivity contribution in [1.82, 2.24) is 5.32 Å². The maximum Gasteiger partial charge on any atom is 0.0677 e. The molecule has 19 heavy (non-hydrogen) atoms. The average molecular weight is 269 g/mol. The van der Waals surface area contributed by atoms with Crippen molar-refractivity contribution < 1.29 is 9.47 Å². The second kappa shape index (κ2) is 5.71. The highest BCUT2D eigenvalue weighted by Gasteiger charge is 2.50. The fourth-order valence-electron chi connectivity index (χ4n) is 3.95. The Balaban J connectivity index is 2.12. The smallest absolute Gasteiger partial charge is 0.0677 e. The van der Waals surface area contributed by atoms with Gasteiger partial charge in [-0.3, -0.25) is 0 Å². The van der Waals surface area contributed by atoms with Gasteiger partial charge in [0.15, 0.2) is 0 Å². The third kappa shape index (κ3) is 3.50. The molecule has 1 N–H and O–H groups in total. The van der Waals surface area contributed by atoms with E-state index in [1.54, 1.807) is 0 Å². The zero-order valence-electron chi connectivity index (χ0n) is 13.3. The Hall–Kier alpha value is -0.120. The molecule has 0 aromatic carbocycles. The van der Waals surface area contributed by atoms with Crippen LogP contribution in [0, 0.1) is 11.8 Å². The number of hydrogen-bond acceptors (Lipinski definition) is 3. The first-order chi connectivity index (χ1) is 8.86. The summed E-state index contributed by atoms with van der Waals surface area (Å²) in [5.74, 6) is 1.22. The largest absolute Gasteiger partial charge is 0.381 e. The molecular weight excluding hydrogens is 238 g/mol. The summed E-state index contributed by atoms with van der Waals surface area (Å²) in [4.78, 5) is 0. The minimum Gasteiger partial charge on any atom is -0.381 e. The molecule has 0 amide bonds. The first kappa shape index (κ1) is 15.3. The van der Waals surface area contributed by atoms with Crippen molar-refractivity contribution in [3.05, 3.63) is 0 Å². The SMILES string of the molecule is CCCNC(C1CCOC1)C1CC(C)(C)OC1(C)C. The van der Waals surface area contributed by atoms with Crippen LogP contribution in [0.5, 0.6) is 0 Å². The van der Waals surface area contributed by atoms with Gasteiger partial charge in [-0.15, -0.1) is 0 Å². The van der Waals surface area contributed by atoms with Crippen molar-refractivity contribution in [2.24, 2.45) is 11.8 Å². The van der Waals surface area contributed by atoms with Crippen molar-refractivity contribution in [2.45, 2.75) is 71.1 Å². The number of rotatable bonds is 5. The topological polar surface area (TPSA) is 30.5 Å². The van der Waals surface area contributed by atoms with E-state index in [1.165, 1.54) is 12.8 Å². The molecule has 0 aromatic heterocycles. The van der Waals surface area contributed by atoms with Gasteiger partial charge in [0, 0.05) is 24.5 Å². The Bertz CT molecular complexity index is 295. The van der Waals surface area contributed by atoms with Gasteiger partial charge in [-0.05, 0) is 53.5 Å². The zero-order chi connectivity index (χ0) is 14.1. The lowest BCUT2D eigenvalue weighted by molar-refractivity contribution is -0.0796. The molecule has 2 heterocycles. The van der Waals surface area contributed by atoms with E-state index < -0.39 is 0 Å². The van der Waals surface area contributed by atoms with Crippen molar-refractivity contribution in [3.8, 4) is 0 Å². The second-order valence-corrected chi connectivity index (χ2v) is 7.38. The lowest BCUT2D eigenvalue weighted by atomic mass is 9.76. The maximum absolute atomic E-state index is 6.29. The summed E-state index contributed by atoms with van der Waals surface area (Å²) in [6.07, 6.45) is 3.51. The minimum atomic E-state index is -0.0441. The van der Waals surface area contributed by atoms with Crippen LogP contribution in [0.3, 0.4) is 0 Å². The molecule has 2 aliphatic rings. The number of ether oxygens (including phenoxy) is 2. The number of hydrogen-bond donors (Lipinski definition) is 1. The quantitative estimate of drug-likeness (QED) is 0.832. The summed E-state index contributed by atoms with van der Waals surface area (Å²) in [7, 11) is 0. The van der Waals surface area contributed by atoms with E-state index in [0.29, 0.717) is 17.9 Å². The van der Waals surface area contributed by atoms with Gasteiger partial charge in [-0.2, -0.15) is 0 Å².